The first kappa shape index (κ1) is 24.2. The monoisotopic (exact) mass is 464 g/mol. The third kappa shape index (κ3) is 7.02. The fourth-order valence-electron chi connectivity index (χ4n) is 3.20. The van der Waals surface area contributed by atoms with Crippen LogP contribution in [-0.4, -0.2) is 11.8 Å². The van der Waals surface area contributed by atoms with Crippen LogP contribution in [0.25, 0.3) is 6.08 Å². The van der Waals surface area contributed by atoms with Crippen LogP contribution < -0.4 is 10.6 Å². The summed E-state index contributed by atoms with van der Waals surface area (Å²) in [6, 6.07) is 18.1. The Morgan fingerprint density at radius 3 is 2.36 bits per heavy atom. The van der Waals surface area contributed by atoms with Crippen LogP contribution in [0, 0.1) is 12.7 Å². The Morgan fingerprint density at radius 1 is 1.00 bits per heavy atom. The first-order chi connectivity index (χ1) is 15.9. The molecule has 0 aromatic heterocycles. The van der Waals surface area contributed by atoms with E-state index in [-0.39, 0.29) is 11.5 Å². The molecule has 0 spiro atoms. The SMILES string of the molecule is CCCCc1ccc(C(=O)N/C(=C\c2ccc(F)cc2)C(=O)Nc2cc(Cl)ccc2C)cc1. The molecule has 0 atom stereocenters. The molecule has 0 saturated carbocycles. The summed E-state index contributed by atoms with van der Waals surface area (Å²) in [5, 5.41) is 5.97. The largest absolute Gasteiger partial charge is 0.320 e. The Morgan fingerprint density at radius 2 is 1.70 bits per heavy atom. The molecule has 3 aromatic rings. The van der Waals surface area contributed by atoms with Gasteiger partial charge in [-0.05, 0) is 78.9 Å². The number of anilines is 1. The number of hydrogen-bond acceptors (Lipinski definition) is 2. The van der Waals surface area contributed by atoms with Crippen molar-refractivity contribution in [1.82, 2.24) is 5.32 Å². The van der Waals surface area contributed by atoms with E-state index < -0.39 is 11.8 Å². The van der Waals surface area contributed by atoms with Crippen molar-refractivity contribution in [2.45, 2.75) is 33.1 Å². The van der Waals surface area contributed by atoms with Gasteiger partial charge in [-0.3, -0.25) is 9.59 Å². The van der Waals surface area contributed by atoms with E-state index in [1.54, 1.807) is 30.3 Å². The highest BCUT2D eigenvalue weighted by Crippen LogP contribution is 2.21. The third-order valence-corrected chi connectivity index (χ3v) is 5.39. The Kier molecular flexibility index (Phi) is 8.39. The van der Waals surface area contributed by atoms with Crippen LogP contribution in [0.4, 0.5) is 10.1 Å². The van der Waals surface area contributed by atoms with Crippen molar-refractivity contribution in [2.24, 2.45) is 0 Å². The number of benzene rings is 3. The number of carbonyl (C=O) groups excluding carboxylic acids is 2. The molecule has 0 aliphatic heterocycles. The second-order valence-corrected chi connectivity index (χ2v) is 8.21. The molecule has 0 unspecified atom stereocenters. The summed E-state index contributed by atoms with van der Waals surface area (Å²) in [5.41, 5.74) is 3.55. The van der Waals surface area contributed by atoms with Gasteiger partial charge in [-0.2, -0.15) is 0 Å². The summed E-state index contributed by atoms with van der Waals surface area (Å²) in [4.78, 5) is 26.0. The molecule has 170 valence electrons. The number of carbonyl (C=O) groups is 2. The first-order valence-corrected chi connectivity index (χ1v) is 11.2. The maximum absolute atomic E-state index is 13.3. The average Bonchev–Trinajstić information content (AvgIpc) is 2.81. The predicted octanol–water partition coefficient (Wildman–Crippen LogP) is 6.54. The van der Waals surface area contributed by atoms with Crippen LogP contribution in [0.3, 0.4) is 0 Å². The molecule has 3 aromatic carbocycles. The van der Waals surface area contributed by atoms with Crippen LogP contribution in [0.15, 0.2) is 72.4 Å². The number of aryl methyl sites for hydroxylation is 2. The number of rotatable bonds is 8. The lowest BCUT2D eigenvalue weighted by molar-refractivity contribution is -0.113. The third-order valence-electron chi connectivity index (χ3n) is 5.16. The number of nitrogens with one attached hydrogen (secondary N) is 2. The van der Waals surface area contributed by atoms with Gasteiger partial charge >= 0.3 is 0 Å². The zero-order chi connectivity index (χ0) is 23.8. The van der Waals surface area contributed by atoms with Crippen molar-refractivity contribution in [1.29, 1.82) is 0 Å². The second kappa shape index (κ2) is 11.4. The van der Waals surface area contributed by atoms with E-state index in [0.717, 1.165) is 30.4 Å². The molecular weight excluding hydrogens is 439 g/mol. The fourth-order valence-corrected chi connectivity index (χ4v) is 3.37. The minimum atomic E-state index is -0.516. The van der Waals surface area contributed by atoms with E-state index in [9.17, 15) is 14.0 Å². The highest BCUT2D eigenvalue weighted by atomic mass is 35.5. The van der Waals surface area contributed by atoms with Crippen molar-refractivity contribution >= 4 is 35.2 Å². The molecule has 2 amide bonds. The molecule has 3 rings (SSSR count). The predicted molar refractivity (Wildman–Crippen MR) is 132 cm³/mol. The molecule has 6 heteroatoms. The molecule has 4 nitrogen and oxygen atoms in total. The van der Waals surface area contributed by atoms with Crippen LogP contribution in [-0.2, 0) is 11.2 Å². The van der Waals surface area contributed by atoms with Gasteiger partial charge in [0.15, 0.2) is 0 Å². The maximum atomic E-state index is 13.3. The van der Waals surface area contributed by atoms with Gasteiger partial charge < -0.3 is 10.6 Å². The number of hydrogen-bond donors (Lipinski definition) is 2. The Hall–Kier alpha value is -3.44. The van der Waals surface area contributed by atoms with Gasteiger partial charge in [0.2, 0.25) is 0 Å². The number of unbranched alkanes of at least 4 members (excludes halogenated alkanes) is 1. The smallest absolute Gasteiger partial charge is 0.272 e. The molecule has 0 aliphatic carbocycles. The van der Waals surface area contributed by atoms with Crippen molar-refractivity contribution in [3.8, 4) is 0 Å². The summed E-state index contributed by atoms with van der Waals surface area (Å²) in [6.07, 6.45) is 4.64. The summed E-state index contributed by atoms with van der Waals surface area (Å²) in [6.45, 7) is 3.97. The van der Waals surface area contributed by atoms with Crippen molar-refractivity contribution in [3.05, 3.63) is 106 Å². The average molecular weight is 465 g/mol. The minimum Gasteiger partial charge on any atom is -0.320 e. The zero-order valence-corrected chi connectivity index (χ0v) is 19.4. The van der Waals surface area contributed by atoms with E-state index >= 15 is 0 Å². The normalized spacial score (nSPS) is 11.2. The van der Waals surface area contributed by atoms with Crippen LogP contribution in [0.1, 0.15) is 46.8 Å². The van der Waals surface area contributed by atoms with E-state index in [1.807, 2.05) is 19.1 Å². The Balaban J connectivity index is 1.85. The summed E-state index contributed by atoms with van der Waals surface area (Å²) >= 11 is 6.06. The summed E-state index contributed by atoms with van der Waals surface area (Å²) in [5.74, 6) is -1.32. The van der Waals surface area contributed by atoms with Gasteiger partial charge in [-0.1, -0.05) is 55.3 Å². The number of amides is 2. The van der Waals surface area contributed by atoms with E-state index in [2.05, 4.69) is 17.6 Å². The molecule has 33 heavy (non-hydrogen) atoms. The maximum Gasteiger partial charge on any atom is 0.272 e. The lowest BCUT2D eigenvalue weighted by Gasteiger charge is -2.13. The molecule has 0 aliphatic rings. The van der Waals surface area contributed by atoms with Gasteiger partial charge in [-0.25, -0.2) is 4.39 Å². The van der Waals surface area contributed by atoms with Gasteiger partial charge in [0.05, 0.1) is 0 Å². The molecule has 0 fully saturated rings. The quantitative estimate of drug-likeness (QED) is 0.372. The highest BCUT2D eigenvalue weighted by molar-refractivity contribution is 6.31. The molecular formula is C27H26ClFN2O2. The lowest BCUT2D eigenvalue weighted by Crippen LogP contribution is -2.31. The summed E-state index contributed by atoms with van der Waals surface area (Å²) in [7, 11) is 0. The topological polar surface area (TPSA) is 58.2 Å². The van der Waals surface area contributed by atoms with Gasteiger partial charge in [0.25, 0.3) is 11.8 Å². The van der Waals surface area contributed by atoms with Gasteiger partial charge in [-0.15, -0.1) is 0 Å². The zero-order valence-electron chi connectivity index (χ0n) is 18.6. The molecule has 0 heterocycles. The minimum absolute atomic E-state index is 0.0287. The van der Waals surface area contributed by atoms with E-state index in [4.69, 9.17) is 11.6 Å². The van der Waals surface area contributed by atoms with Gasteiger partial charge in [0.1, 0.15) is 11.5 Å². The Labute approximate surface area is 198 Å². The lowest BCUT2D eigenvalue weighted by atomic mass is 10.1. The van der Waals surface area contributed by atoms with Crippen LogP contribution >= 0.6 is 11.6 Å². The number of halogens is 2. The second-order valence-electron chi connectivity index (χ2n) is 7.78. The van der Waals surface area contributed by atoms with Crippen molar-refractivity contribution < 1.29 is 14.0 Å². The van der Waals surface area contributed by atoms with E-state index in [1.165, 1.54) is 30.3 Å². The fraction of sp³-hybridized carbons (Fsp3) is 0.185. The van der Waals surface area contributed by atoms with Crippen LogP contribution in [0.5, 0.6) is 0 Å². The van der Waals surface area contributed by atoms with Crippen molar-refractivity contribution in [3.63, 3.8) is 0 Å². The molecule has 0 saturated heterocycles. The van der Waals surface area contributed by atoms with Crippen molar-refractivity contribution in [2.75, 3.05) is 5.32 Å². The molecule has 0 bridgehead atoms. The highest BCUT2D eigenvalue weighted by Gasteiger charge is 2.16. The summed E-state index contributed by atoms with van der Waals surface area (Å²) < 4.78 is 13.3. The van der Waals surface area contributed by atoms with Crippen LogP contribution in [0.2, 0.25) is 5.02 Å². The standard InChI is InChI=1S/C27H26ClFN2O2/c1-3-4-5-19-7-11-21(12-8-19)26(32)31-25(16-20-9-14-23(29)15-10-20)27(33)30-24-17-22(28)13-6-18(24)2/h6-17H,3-5H2,1-2H3,(H,30,33)(H,31,32)/b25-16-. The van der Waals surface area contributed by atoms with Gasteiger partial charge in [0, 0.05) is 16.3 Å². The molecule has 0 radical (unpaired) electrons. The Bertz CT molecular complexity index is 1160. The first-order valence-electron chi connectivity index (χ1n) is 10.8. The van der Waals surface area contributed by atoms with E-state index in [0.29, 0.717) is 21.8 Å². The molecule has 2 N–H and O–H groups in total.